The van der Waals surface area contributed by atoms with E-state index in [9.17, 15) is 33.8 Å². The third-order valence-electron chi connectivity index (χ3n) is 8.71. The second-order valence-corrected chi connectivity index (χ2v) is 17.6. The molecule has 0 radical (unpaired) electrons. The van der Waals surface area contributed by atoms with Crippen molar-refractivity contribution in [2.24, 2.45) is 5.92 Å². The molecule has 1 unspecified atom stereocenters. The van der Waals surface area contributed by atoms with Gasteiger partial charge < -0.3 is 34.4 Å². The third kappa shape index (κ3) is 40.8. The summed E-state index contributed by atoms with van der Waals surface area (Å²) in [4.78, 5) is 52.6. The Bertz CT molecular complexity index is 1250. The Morgan fingerprint density at radius 1 is 0.586 bits per heavy atom. The molecule has 16 heteroatoms. The summed E-state index contributed by atoms with van der Waals surface area (Å²) < 4.78 is 47.6. The predicted octanol–water partition coefficient (Wildman–Crippen LogP) is 9.50. The standard InChI is InChI=1S/C42H76O14P2/c1-4-5-29-38(43)30-25-21-17-13-8-6-7-9-14-18-22-26-31-41(45)52-35-40(36-55-58(50,51)54-34-39(44)33-53-57(47,48)49)56-42(46)32-27-23-19-15-11-10-12-16-20-24-28-37(2)3/h6-7,13-14,17-18,25,30,37-40,43-44H,4-5,8-12,15-16,19-24,26-29,31-36H2,1-3H3,(H,50,51)(H2,47,48,49)/b7-6-,17-13-,18-14-,30-25-/t38-,39-,40+/m0/s1. The summed E-state index contributed by atoms with van der Waals surface area (Å²) >= 11 is 0. The Kier molecular flexibility index (Phi) is 35.6. The van der Waals surface area contributed by atoms with Gasteiger partial charge in [-0.15, -0.1) is 0 Å². The number of carbonyl (C=O) groups is 2. The molecular weight excluding hydrogens is 790 g/mol. The molecule has 4 atom stereocenters. The molecule has 0 aliphatic heterocycles. The fraction of sp³-hybridized carbons (Fsp3) is 0.762. The molecule has 0 aliphatic rings. The number of aliphatic hydroxyl groups is 2. The fourth-order valence-corrected chi connectivity index (χ4v) is 6.58. The molecule has 0 bridgehead atoms. The fourth-order valence-electron chi connectivity index (χ4n) is 5.43. The predicted molar refractivity (Wildman–Crippen MR) is 227 cm³/mol. The van der Waals surface area contributed by atoms with Gasteiger partial charge >= 0.3 is 27.6 Å². The second-order valence-electron chi connectivity index (χ2n) is 14.9. The number of hydrogen-bond donors (Lipinski definition) is 5. The van der Waals surface area contributed by atoms with Crippen LogP contribution < -0.4 is 0 Å². The molecule has 58 heavy (non-hydrogen) atoms. The number of unbranched alkanes of at least 4 members (excludes halogenated alkanes) is 11. The Morgan fingerprint density at radius 2 is 1.10 bits per heavy atom. The number of phosphoric acid groups is 2. The highest BCUT2D eigenvalue weighted by molar-refractivity contribution is 7.47. The van der Waals surface area contributed by atoms with Gasteiger partial charge in [-0.25, -0.2) is 9.13 Å². The maximum atomic E-state index is 12.6. The van der Waals surface area contributed by atoms with E-state index in [1.54, 1.807) is 0 Å². The highest BCUT2D eigenvalue weighted by atomic mass is 31.2. The van der Waals surface area contributed by atoms with E-state index in [1.165, 1.54) is 38.5 Å². The molecule has 0 amide bonds. The van der Waals surface area contributed by atoms with E-state index in [0.717, 1.165) is 70.1 Å². The number of esters is 2. The topological polar surface area (TPSA) is 216 Å². The number of ether oxygens (including phenoxy) is 2. The normalized spacial score (nSPS) is 15.2. The lowest BCUT2D eigenvalue weighted by Gasteiger charge is -2.20. The summed E-state index contributed by atoms with van der Waals surface area (Å²) in [5.41, 5.74) is 0. The van der Waals surface area contributed by atoms with Gasteiger partial charge in [-0.05, 0) is 50.9 Å². The highest BCUT2D eigenvalue weighted by Crippen LogP contribution is 2.43. The van der Waals surface area contributed by atoms with E-state index in [-0.39, 0.29) is 18.9 Å². The molecule has 0 aliphatic carbocycles. The lowest BCUT2D eigenvalue weighted by Crippen LogP contribution is -2.30. The largest absolute Gasteiger partial charge is 0.472 e. The van der Waals surface area contributed by atoms with Crippen LogP contribution in [0.1, 0.15) is 156 Å². The Labute approximate surface area is 348 Å². The zero-order valence-corrected chi connectivity index (χ0v) is 37.2. The SMILES string of the molecule is CCCC[C@H](O)/C=C\C/C=C\C/C=C\C/C=C\CCCC(=O)OC[C@H](COP(=O)(O)OC[C@@H](O)COP(=O)(O)O)OC(=O)CCCCCCCCCCCCC(C)C. The molecule has 0 fully saturated rings. The first-order valence-electron chi connectivity index (χ1n) is 21.3. The van der Waals surface area contributed by atoms with Crippen molar-refractivity contribution in [1.29, 1.82) is 0 Å². The smallest absolute Gasteiger partial charge is 0.462 e. The van der Waals surface area contributed by atoms with Crippen molar-refractivity contribution in [2.45, 2.75) is 174 Å². The molecule has 338 valence electrons. The minimum Gasteiger partial charge on any atom is -0.462 e. The summed E-state index contributed by atoms with van der Waals surface area (Å²) in [6, 6.07) is 0. The molecular formula is C42H76O14P2. The van der Waals surface area contributed by atoms with Gasteiger partial charge in [0.2, 0.25) is 0 Å². The number of aliphatic hydroxyl groups excluding tert-OH is 2. The lowest BCUT2D eigenvalue weighted by atomic mass is 10.0. The minimum atomic E-state index is -4.87. The number of phosphoric ester groups is 2. The molecule has 0 heterocycles. The summed E-state index contributed by atoms with van der Waals surface area (Å²) in [6.45, 7) is 3.81. The zero-order valence-electron chi connectivity index (χ0n) is 35.4. The van der Waals surface area contributed by atoms with E-state index >= 15 is 0 Å². The molecule has 0 aromatic heterocycles. The first-order chi connectivity index (χ1) is 27.6. The van der Waals surface area contributed by atoms with Crippen molar-refractivity contribution in [3.63, 3.8) is 0 Å². The van der Waals surface area contributed by atoms with E-state index < -0.39 is 66.2 Å². The van der Waals surface area contributed by atoms with Gasteiger partial charge in [0, 0.05) is 12.8 Å². The Morgan fingerprint density at radius 3 is 1.69 bits per heavy atom. The minimum absolute atomic E-state index is 0.102. The van der Waals surface area contributed by atoms with Crippen LogP contribution in [-0.2, 0) is 41.8 Å². The van der Waals surface area contributed by atoms with Crippen LogP contribution in [0, 0.1) is 5.92 Å². The van der Waals surface area contributed by atoms with E-state index in [0.29, 0.717) is 19.3 Å². The van der Waals surface area contributed by atoms with Crippen LogP contribution in [0.2, 0.25) is 0 Å². The summed E-state index contributed by atoms with van der Waals surface area (Å²) in [5.74, 6) is -0.360. The van der Waals surface area contributed by atoms with Gasteiger partial charge in [-0.3, -0.25) is 23.2 Å². The van der Waals surface area contributed by atoms with Crippen LogP contribution in [0.25, 0.3) is 0 Å². The lowest BCUT2D eigenvalue weighted by molar-refractivity contribution is -0.161. The molecule has 0 saturated carbocycles. The Hall–Kier alpha value is -1.96. The van der Waals surface area contributed by atoms with Crippen LogP contribution in [0.3, 0.4) is 0 Å². The monoisotopic (exact) mass is 866 g/mol. The van der Waals surface area contributed by atoms with Gasteiger partial charge in [-0.1, -0.05) is 146 Å². The molecule has 14 nitrogen and oxygen atoms in total. The molecule has 0 saturated heterocycles. The van der Waals surface area contributed by atoms with Crippen molar-refractivity contribution in [3.05, 3.63) is 48.6 Å². The number of carbonyl (C=O) groups excluding carboxylic acids is 2. The number of hydrogen-bond acceptors (Lipinski definition) is 11. The van der Waals surface area contributed by atoms with Crippen LogP contribution in [0.5, 0.6) is 0 Å². The van der Waals surface area contributed by atoms with Gasteiger partial charge in [0.05, 0.1) is 25.9 Å². The summed E-state index contributed by atoms with van der Waals surface area (Å²) in [5, 5.41) is 19.5. The molecule has 5 N–H and O–H groups in total. The maximum Gasteiger partial charge on any atom is 0.472 e. The zero-order chi connectivity index (χ0) is 43.3. The molecule has 0 rings (SSSR count). The van der Waals surface area contributed by atoms with Crippen molar-refractivity contribution in [3.8, 4) is 0 Å². The van der Waals surface area contributed by atoms with E-state index in [1.807, 2.05) is 24.3 Å². The summed E-state index contributed by atoms with van der Waals surface area (Å²) in [7, 11) is -9.70. The van der Waals surface area contributed by atoms with Gasteiger partial charge in [0.25, 0.3) is 0 Å². The van der Waals surface area contributed by atoms with Crippen LogP contribution in [0.4, 0.5) is 0 Å². The van der Waals surface area contributed by atoms with Crippen molar-refractivity contribution in [2.75, 3.05) is 26.4 Å². The average Bonchev–Trinajstić information content (AvgIpc) is 3.16. The van der Waals surface area contributed by atoms with Crippen LogP contribution in [0.15, 0.2) is 48.6 Å². The van der Waals surface area contributed by atoms with Crippen molar-refractivity contribution in [1.82, 2.24) is 0 Å². The Balaban J connectivity index is 4.64. The number of rotatable bonds is 39. The maximum absolute atomic E-state index is 12.6. The van der Waals surface area contributed by atoms with Crippen molar-refractivity contribution < 1.29 is 66.7 Å². The summed E-state index contributed by atoms with van der Waals surface area (Å²) in [6.07, 6.45) is 31.8. The first kappa shape index (κ1) is 56.0. The molecule has 0 aromatic carbocycles. The average molecular weight is 867 g/mol. The third-order valence-corrected chi connectivity index (χ3v) is 10.1. The van der Waals surface area contributed by atoms with Gasteiger partial charge in [0.15, 0.2) is 6.10 Å². The van der Waals surface area contributed by atoms with Gasteiger partial charge in [-0.2, -0.15) is 0 Å². The molecule has 0 aromatic rings. The first-order valence-corrected chi connectivity index (χ1v) is 24.3. The van der Waals surface area contributed by atoms with Crippen LogP contribution >= 0.6 is 15.6 Å². The second kappa shape index (κ2) is 36.9. The molecule has 0 spiro atoms. The quantitative estimate of drug-likeness (QED) is 0.0168. The van der Waals surface area contributed by atoms with Gasteiger partial charge in [0.1, 0.15) is 12.7 Å². The van der Waals surface area contributed by atoms with Crippen LogP contribution in [-0.4, -0.2) is 81.6 Å². The van der Waals surface area contributed by atoms with Crippen molar-refractivity contribution >= 4 is 27.6 Å². The highest BCUT2D eigenvalue weighted by Gasteiger charge is 2.28. The van der Waals surface area contributed by atoms with E-state index in [2.05, 4.69) is 54.1 Å². The van der Waals surface area contributed by atoms with E-state index in [4.69, 9.17) is 23.8 Å². The number of allylic oxidation sites excluding steroid dienone is 7.